The summed E-state index contributed by atoms with van der Waals surface area (Å²) >= 11 is 9.30. The van der Waals surface area contributed by atoms with E-state index >= 15 is 0 Å². The van der Waals surface area contributed by atoms with Crippen molar-refractivity contribution in [2.75, 3.05) is 18.5 Å². The fourth-order valence-electron chi connectivity index (χ4n) is 1.51. The van der Waals surface area contributed by atoms with Crippen LogP contribution in [0.2, 0.25) is 5.02 Å². The molecule has 0 fully saturated rings. The average Bonchev–Trinajstić information content (AvgIpc) is 2.54. The number of halogens is 2. The molecular weight excluding hydrogens is 321 g/mol. The van der Waals surface area contributed by atoms with Gasteiger partial charge in [0.2, 0.25) is 5.91 Å². The van der Waals surface area contributed by atoms with Crippen LogP contribution in [0.15, 0.2) is 12.1 Å². The number of carbonyl (C=O) groups excluding carboxylic acids is 1. The zero-order valence-electron chi connectivity index (χ0n) is 9.83. The van der Waals surface area contributed by atoms with Crippen molar-refractivity contribution in [2.45, 2.75) is 18.2 Å². The number of nitrogens with one attached hydrogen (secondary N) is 1. The Bertz CT molecular complexity index is 465. The lowest BCUT2D eigenvalue weighted by atomic mass is 10.2. The molecule has 1 aliphatic heterocycles. The molecule has 0 saturated carbocycles. The Kier molecular flexibility index (Phi) is 4.35. The molecule has 0 aromatic heterocycles. The molecule has 0 aliphatic carbocycles. The predicted octanol–water partition coefficient (Wildman–Crippen LogP) is 3.22. The molecular formula is C12H13BrClNO3. The first-order valence-corrected chi connectivity index (χ1v) is 6.91. The van der Waals surface area contributed by atoms with Gasteiger partial charge in [0.25, 0.3) is 0 Å². The number of alkyl halides is 1. The number of ether oxygens (including phenoxy) is 2. The van der Waals surface area contributed by atoms with Crippen molar-refractivity contribution in [3.05, 3.63) is 17.2 Å². The molecule has 1 unspecified atom stereocenters. The van der Waals surface area contributed by atoms with Crippen LogP contribution >= 0.6 is 27.5 Å². The molecule has 1 aromatic carbocycles. The van der Waals surface area contributed by atoms with Gasteiger partial charge in [-0.1, -0.05) is 27.5 Å². The van der Waals surface area contributed by atoms with Crippen LogP contribution in [0.4, 0.5) is 5.69 Å². The number of fused-ring (bicyclic) bond motifs is 1. The maximum absolute atomic E-state index is 11.6. The SMILES string of the molecule is CC(Br)C(=O)Nc1cc2c(cc1Cl)OCCCO2. The van der Waals surface area contributed by atoms with Gasteiger partial charge in [0.05, 0.1) is 28.8 Å². The predicted molar refractivity (Wildman–Crippen MR) is 74.1 cm³/mol. The standard InChI is InChI=1S/C12H13BrClNO3/c1-7(13)12(16)15-9-6-11-10(5-8(9)14)17-3-2-4-18-11/h5-7H,2-4H2,1H3,(H,15,16). The molecule has 0 saturated heterocycles. The highest BCUT2D eigenvalue weighted by Gasteiger charge is 2.16. The van der Waals surface area contributed by atoms with E-state index in [1.807, 2.05) is 0 Å². The fraction of sp³-hybridized carbons (Fsp3) is 0.417. The first kappa shape index (κ1) is 13.5. The molecule has 98 valence electrons. The summed E-state index contributed by atoms with van der Waals surface area (Å²) in [7, 11) is 0. The number of anilines is 1. The molecule has 1 atom stereocenters. The van der Waals surface area contributed by atoms with Gasteiger partial charge in [0.15, 0.2) is 11.5 Å². The molecule has 1 amide bonds. The first-order valence-electron chi connectivity index (χ1n) is 5.62. The Morgan fingerprint density at radius 1 is 1.39 bits per heavy atom. The summed E-state index contributed by atoms with van der Waals surface area (Å²) in [6, 6.07) is 3.35. The van der Waals surface area contributed by atoms with Crippen molar-refractivity contribution in [2.24, 2.45) is 0 Å². The second-order valence-electron chi connectivity index (χ2n) is 3.93. The van der Waals surface area contributed by atoms with Crippen LogP contribution in [-0.4, -0.2) is 23.9 Å². The Balaban J connectivity index is 2.26. The van der Waals surface area contributed by atoms with E-state index < -0.39 is 0 Å². The van der Waals surface area contributed by atoms with Gasteiger partial charge in [-0.05, 0) is 6.92 Å². The highest BCUT2D eigenvalue weighted by Crippen LogP contribution is 2.37. The third-order valence-corrected chi connectivity index (χ3v) is 3.18. The van der Waals surface area contributed by atoms with Crippen LogP contribution < -0.4 is 14.8 Å². The van der Waals surface area contributed by atoms with Crippen molar-refractivity contribution >= 4 is 39.1 Å². The molecule has 0 bridgehead atoms. The summed E-state index contributed by atoms with van der Waals surface area (Å²) in [6.07, 6.45) is 0.826. The number of rotatable bonds is 2. The van der Waals surface area contributed by atoms with Gasteiger partial charge in [-0.25, -0.2) is 0 Å². The maximum Gasteiger partial charge on any atom is 0.237 e. The van der Waals surface area contributed by atoms with E-state index in [9.17, 15) is 4.79 Å². The third kappa shape index (κ3) is 3.09. The number of carbonyl (C=O) groups is 1. The van der Waals surface area contributed by atoms with E-state index in [1.54, 1.807) is 19.1 Å². The molecule has 18 heavy (non-hydrogen) atoms. The Hall–Kier alpha value is -0.940. The van der Waals surface area contributed by atoms with Gasteiger partial charge in [0, 0.05) is 18.6 Å². The largest absolute Gasteiger partial charge is 0.490 e. The van der Waals surface area contributed by atoms with Crippen LogP contribution in [0.1, 0.15) is 13.3 Å². The van der Waals surface area contributed by atoms with E-state index in [1.165, 1.54) is 0 Å². The Labute approximate surface area is 119 Å². The number of hydrogen-bond donors (Lipinski definition) is 1. The van der Waals surface area contributed by atoms with Crippen LogP contribution in [0, 0.1) is 0 Å². The van der Waals surface area contributed by atoms with Gasteiger partial charge in [-0.2, -0.15) is 0 Å². The van der Waals surface area contributed by atoms with Gasteiger partial charge < -0.3 is 14.8 Å². The zero-order chi connectivity index (χ0) is 13.1. The highest BCUT2D eigenvalue weighted by atomic mass is 79.9. The molecule has 1 aromatic rings. The fourth-order valence-corrected chi connectivity index (χ4v) is 1.83. The van der Waals surface area contributed by atoms with Crippen molar-refractivity contribution in [3.63, 3.8) is 0 Å². The molecule has 1 N–H and O–H groups in total. The molecule has 1 aliphatic rings. The van der Waals surface area contributed by atoms with Crippen molar-refractivity contribution in [1.29, 1.82) is 0 Å². The zero-order valence-corrected chi connectivity index (χ0v) is 12.2. The van der Waals surface area contributed by atoms with Crippen LogP contribution in [0.5, 0.6) is 11.5 Å². The van der Waals surface area contributed by atoms with E-state index in [0.717, 1.165) is 6.42 Å². The van der Waals surface area contributed by atoms with Gasteiger partial charge >= 0.3 is 0 Å². The average molecular weight is 335 g/mol. The van der Waals surface area contributed by atoms with Crippen LogP contribution in [0.3, 0.4) is 0 Å². The lowest BCUT2D eigenvalue weighted by Crippen LogP contribution is -2.20. The molecule has 4 nitrogen and oxygen atoms in total. The Morgan fingerprint density at radius 2 is 2.00 bits per heavy atom. The quantitative estimate of drug-likeness (QED) is 0.845. The normalized spacial score (nSPS) is 15.7. The second-order valence-corrected chi connectivity index (χ2v) is 5.72. The molecule has 6 heteroatoms. The monoisotopic (exact) mass is 333 g/mol. The molecule has 0 spiro atoms. The minimum atomic E-state index is -0.287. The van der Waals surface area contributed by atoms with E-state index in [4.69, 9.17) is 21.1 Å². The van der Waals surface area contributed by atoms with Crippen molar-refractivity contribution in [3.8, 4) is 11.5 Å². The van der Waals surface area contributed by atoms with Crippen molar-refractivity contribution < 1.29 is 14.3 Å². The maximum atomic E-state index is 11.6. The Morgan fingerprint density at radius 3 is 2.61 bits per heavy atom. The van der Waals surface area contributed by atoms with Crippen LogP contribution in [-0.2, 0) is 4.79 Å². The number of benzene rings is 1. The lowest BCUT2D eigenvalue weighted by molar-refractivity contribution is -0.115. The molecule has 1 heterocycles. The van der Waals surface area contributed by atoms with E-state index in [2.05, 4.69) is 21.2 Å². The smallest absolute Gasteiger partial charge is 0.237 e. The molecule has 2 rings (SSSR count). The number of hydrogen-bond acceptors (Lipinski definition) is 3. The first-order chi connectivity index (χ1) is 8.58. The number of amides is 1. The minimum absolute atomic E-state index is 0.161. The summed E-state index contributed by atoms with van der Waals surface area (Å²) in [5, 5.41) is 3.16. The van der Waals surface area contributed by atoms with Gasteiger partial charge in [-0.15, -0.1) is 0 Å². The van der Waals surface area contributed by atoms with E-state index in [-0.39, 0.29) is 10.7 Å². The molecule has 0 radical (unpaired) electrons. The van der Waals surface area contributed by atoms with Crippen LogP contribution in [0.25, 0.3) is 0 Å². The van der Waals surface area contributed by atoms with E-state index in [0.29, 0.717) is 35.4 Å². The second kappa shape index (κ2) is 5.80. The highest BCUT2D eigenvalue weighted by molar-refractivity contribution is 9.10. The topological polar surface area (TPSA) is 47.6 Å². The van der Waals surface area contributed by atoms with Gasteiger partial charge in [0.1, 0.15) is 0 Å². The third-order valence-electron chi connectivity index (χ3n) is 2.46. The summed E-state index contributed by atoms with van der Waals surface area (Å²) in [5.41, 5.74) is 0.525. The minimum Gasteiger partial charge on any atom is -0.490 e. The van der Waals surface area contributed by atoms with Gasteiger partial charge in [-0.3, -0.25) is 4.79 Å². The summed E-state index contributed by atoms with van der Waals surface area (Å²) in [4.78, 5) is 11.3. The van der Waals surface area contributed by atoms with Crippen molar-refractivity contribution in [1.82, 2.24) is 0 Å². The summed E-state index contributed by atoms with van der Waals surface area (Å²) in [6.45, 7) is 2.94. The summed E-state index contributed by atoms with van der Waals surface area (Å²) < 4.78 is 11.0. The summed E-state index contributed by atoms with van der Waals surface area (Å²) in [5.74, 6) is 1.06. The lowest BCUT2D eigenvalue weighted by Gasteiger charge is -2.13.